The molecule has 1 aliphatic heterocycles. The molecule has 1 aromatic heterocycles. The molecule has 1 aromatic carbocycles. The minimum atomic E-state index is -4.60. The number of carbonyl (C=O) groups is 1. The van der Waals surface area contributed by atoms with E-state index in [0.29, 0.717) is 4.57 Å². The van der Waals surface area contributed by atoms with Crippen molar-refractivity contribution in [2.24, 2.45) is 0 Å². The summed E-state index contributed by atoms with van der Waals surface area (Å²) in [6.45, 7) is 0.566. The predicted molar refractivity (Wildman–Crippen MR) is 113 cm³/mol. The van der Waals surface area contributed by atoms with Crippen LogP contribution in [0.5, 0.6) is 5.75 Å². The van der Waals surface area contributed by atoms with E-state index in [-0.39, 0.29) is 11.6 Å². The summed E-state index contributed by atoms with van der Waals surface area (Å²) in [5.41, 5.74) is 1.46. The molecule has 0 aliphatic carbocycles. The van der Waals surface area contributed by atoms with Gasteiger partial charge in [-0.1, -0.05) is 18.2 Å². The lowest BCUT2D eigenvalue weighted by Gasteiger charge is -2.27. The SMILES string of the molecule is C[C@H](N[P@](=O)(OC[C@@]1(F)O[C@@H](n2ccc(N)nc2=O)[C@](C)(F)[C@@H]1O)Oc1ccccc1)C(=O)O. The Bertz CT molecular complexity index is 1150. The van der Waals surface area contributed by atoms with E-state index in [0.717, 1.165) is 26.1 Å². The second-order valence-electron chi connectivity index (χ2n) is 7.72. The molecule has 15 heteroatoms. The number of nitrogens with zero attached hydrogens (tertiary/aromatic N) is 2. The Hall–Kier alpha value is -2.90. The lowest BCUT2D eigenvalue weighted by Crippen LogP contribution is -2.47. The van der Waals surface area contributed by atoms with Gasteiger partial charge in [0.25, 0.3) is 5.85 Å². The number of rotatable bonds is 9. The van der Waals surface area contributed by atoms with Gasteiger partial charge in [-0.2, -0.15) is 10.1 Å². The Morgan fingerprint density at radius 2 is 2.03 bits per heavy atom. The molecular weight excluding hydrogens is 481 g/mol. The van der Waals surface area contributed by atoms with E-state index in [1.165, 1.54) is 24.3 Å². The highest BCUT2D eigenvalue weighted by atomic mass is 31.2. The van der Waals surface area contributed by atoms with Crippen LogP contribution in [0.3, 0.4) is 0 Å². The largest absolute Gasteiger partial charge is 0.480 e. The number of carboxylic acid groups (broad SMARTS) is 1. The van der Waals surface area contributed by atoms with Gasteiger partial charge in [-0.3, -0.25) is 13.9 Å². The minimum Gasteiger partial charge on any atom is -0.480 e. The molecule has 0 amide bonds. The third kappa shape index (κ3) is 5.26. The molecule has 0 spiro atoms. The highest BCUT2D eigenvalue weighted by Crippen LogP contribution is 2.51. The van der Waals surface area contributed by atoms with Crippen LogP contribution in [0.2, 0.25) is 0 Å². The zero-order valence-corrected chi connectivity index (χ0v) is 18.9. The first-order chi connectivity index (χ1) is 15.8. The summed E-state index contributed by atoms with van der Waals surface area (Å²) in [5, 5.41) is 21.6. The van der Waals surface area contributed by atoms with Crippen LogP contribution in [0.1, 0.15) is 20.1 Å². The van der Waals surface area contributed by atoms with Crippen LogP contribution in [-0.4, -0.2) is 56.0 Å². The number of hydrogen-bond acceptors (Lipinski definition) is 9. The van der Waals surface area contributed by atoms with Crippen LogP contribution >= 0.6 is 7.75 Å². The first-order valence-corrected chi connectivity index (χ1v) is 11.4. The molecule has 1 saturated heterocycles. The molecular formula is C19H23F2N4O8P. The fourth-order valence-electron chi connectivity index (χ4n) is 3.14. The molecule has 2 aromatic rings. The van der Waals surface area contributed by atoms with E-state index < -0.39 is 55.9 Å². The van der Waals surface area contributed by atoms with Gasteiger partial charge >= 0.3 is 19.4 Å². The average Bonchev–Trinajstić information content (AvgIpc) is 2.93. The molecule has 0 saturated carbocycles. The molecule has 5 N–H and O–H groups in total. The second-order valence-corrected chi connectivity index (χ2v) is 9.41. The smallest absolute Gasteiger partial charge is 0.459 e. The van der Waals surface area contributed by atoms with Crippen LogP contribution in [0, 0.1) is 0 Å². The number of alkyl halides is 2. The van der Waals surface area contributed by atoms with E-state index in [1.54, 1.807) is 6.07 Å². The van der Waals surface area contributed by atoms with Gasteiger partial charge in [0, 0.05) is 6.20 Å². The summed E-state index contributed by atoms with van der Waals surface area (Å²) < 4.78 is 60.0. The van der Waals surface area contributed by atoms with Crippen molar-refractivity contribution < 1.29 is 42.1 Å². The van der Waals surface area contributed by atoms with Gasteiger partial charge in [-0.15, -0.1) is 0 Å². The number of nitrogens with one attached hydrogen (secondary N) is 1. The normalized spacial score (nSPS) is 29.3. The number of para-hydroxylation sites is 1. The van der Waals surface area contributed by atoms with Crippen molar-refractivity contribution in [2.75, 3.05) is 12.3 Å². The zero-order valence-electron chi connectivity index (χ0n) is 18.0. The summed E-state index contributed by atoms with van der Waals surface area (Å²) in [6.07, 6.45) is -3.50. The first-order valence-electron chi connectivity index (χ1n) is 9.85. The number of halogens is 2. The van der Waals surface area contributed by atoms with Gasteiger partial charge in [-0.05, 0) is 32.0 Å². The topological polar surface area (TPSA) is 175 Å². The maximum absolute atomic E-state index is 15.6. The van der Waals surface area contributed by atoms with Gasteiger partial charge in [0.15, 0.2) is 18.0 Å². The lowest BCUT2D eigenvalue weighted by molar-refractivity contribution is -0.203. The summed E-state index contributed by atoms with van der Waals surface area (Å²) >= 11 is 0. The van der Waals surface area contributed by atoms with Gasteiger partial charge in [0.1, 0.15) is 24.2 Å². The third-order valence-corrected chi connectivity index (χ3v) is 6.58. The number of ether oxygens (including phenoxy) is 1. The number of aliphatic hydroxyl groups is 1. The molecule has 0 unspecified atom stereocenters. The molecule has 3 rings (SSSR count). The monoisotopic (exact) mass is 504 g/mol. The Kier molecular flexibility index (Phi) is 7.10. The number of benzene rings is 1. The minimum absolute atomic E-state index is 0.00979. The van der Waals surface area contributed by atoms with Crippen LogP contribution < -0.4 is 21.0 Å². The average molecular weight is 504 g/mol. The number of nitrogen functional groups attached to an aromatic ring is 1. The van der Waals surface area contributed by atoms with Crippen LogP contribution in [0.15, 0.2) is 47.4 Å². The molecule has 2 heterocycles. The van der Waals surface area contributed by atoms with E-state index in [2.05, 4.69) is 10.1 Å². The van der Waals surface area contributed by atoms with Crippen molar-refractivity contribution in [1.29, 1.82) is 0 Å². The van der Waals surface area contributed by atoms with E-state index >= 15 is 8.78 Å². The van der Waals surface area contributed by atoms with Crippen molar-refractivity contribution in [3.63, 3.8) is 0 Å². The number of anilines is 1. The predicted octanol–water partition coefficient (Wildman–Crippen LogP) is 1.38. The Labute approximate surface area is 191 Å². The maximum atomic E-state index is 15.6. The molecule has 1 aliphatic rings. The number of carboxylic acids is 1. The maximum Gasteiger partial charge on any atom is 0.459 e. The van der Waals surface area contributed by atoms with Crippen LogP contribution in [0.25, 0.3) is 0 Å². The Balaban J connectivity index is 1.86. The van der Waals surface area contributed by atoms with Gasteiger partial charge in [-0.25, -0.2) is 18.1 Å². The van der Waals surface area contributed by atoms with Gasteiger partial charge < -0.3 is 25.2 Å². The van der Waals surface area contributed by atoms with E-state index in [1.807, 2.05) is 0 Å². The van der Waals surface area contributed by atoms with Crippen molar-refractivity contribution in [1.82, 2.24) is 14.6 Å². The van der Waals surface area contributed by atoms with Gasteiger partial charge in [0.2, 0.25) is 0 Å². The van der Waals surface area contributed by atoms with Crippen molar-refractivity contribution in [3.05, 3.63) is 53.1 Å². The van der Waals surface area contributed by atoms with E-state index in [4.69, 9.17) is 24.6 Å². The second kappa shape index (κ2) is 9.39. The van der Waals surface area contributed by atoms with Crippen molar-refractivity contribution >= 4 is 19.5 Å². The Morgan fingerprint density at radius 3 is 2.62 bits per heavy atom. The number of aromatic nitrogens is 2. The summed E-state index contributed by atoms with van der Waals surface area (Å²) in [7, 11) is -4.60. The Morgan fingerprint density at radius 1 is 1.38 bits per heavy atom. The van der Waals surface area contributed by atoms with E-state index in [9.17, 15) is 19.3 Å². The van der Waals surface area contributed by atoms with Crippen molar-refractivity contribution in [3.8, 4) is 5.75 Å². The molecule has 0 bridgehead atoms. The fraction of sp³-hybridized carbons (Fsp3) is 0.421. The molecule has 6 atom stereocenters. The molecule has 186 valence electrons. The highest BCUT2D eigenvalue weighted by molar-refractivity contribution is 7.52. The third-order valence-electron chi connectivity index (χ3n) is 4.96. The molecule has 1 fully saturated rings. The summed E-state index contributed by atoms with van der Waals surface area (Å²) in [6, 6.07) is 7.12. The molecule has 34 heavy (non-hydrogen) atoms. The standard InChI is InChI=1S/C19H23F2N4O8P/c1-11(14(26)27)24-34(30,33-12-6-4-3-5-7-12)31-10-19(21)15(28)18(2,20)16(32-19)25-9-8-13(22)23-17(25)29/h3-9,11,15-16,28H,10H2,1-2H3,(H,24,30)(H,26,27)(H2,22,23,29)/t11-,15-,16+,18+,19+,34-/m0/s1. The lowest BCUT2D eigenvalue weighted by atomic mass is 9.97. The van der Waals surface area contributed by atoms with Crippen LogP contribution in [0.4, 0.5) is 14.6 Å². The number of hydrogen-bond donors (Lipinski definition) is 4. The number of aliphatic carboxylic acids is 1. The number of nitrogens with two attached hydrogens (primary N) is 1. The zero-order chi connectivity index (χ0) is 25.3. The van der Waals surface area contributed by atoms with Crippen LogP contribution in [-0.2, 0) is 18.6 Å². The van der Waals surface area contributed by atoms with Crippen molar-refractivity contribution in [2.45, 2.75) is 43.7 Å². The van der Waals surface area contributed by atoms with Gasteiger partial charge in [0.05, 0.1) is 0 Å². The fourth-order valence-corrected chi connectivity index (χ4v) is 4.65. The highest BCUT2D eigenvalue weighted by Gasteiger charge is 2.65. The summed E-state index contributed by atoms with van der Waals surface area (Å²) in [5.74, 6) is -4.92. The summed E-state index contributed by atoms with van der Waals surface area (Å²) in [4.78, 5) is 26.7. The quantitative estimate of drug-likeness (QED) is 0.363. The molecule has 12 nitrogen and oxygen atoms in total. The molecule has 0 radical (unpaired) electrons. The number of aliphatic hydroxyl groups excluding tert-OH is 1. The first kappa shape index (κ1) is 25.7.